The monoisotopic (exact) mass is 327 g/mol. The standard InChI is InChI=1S/C16H17N5O3/c1-22-11-5-6-14(23-2)13(8-11)19-15-10-18-21-16(20-15)17-9-12-4-3-7-24-12/h3-8,10H,9H2,1-2H3,(H2,17,19,20,21). The maximum atomic E-state index is 5.33. The molecule has 2 aromatic heterocycles. The minimum atomic E-state index is 0.387. The largest absolute Gasteiger partial charge is 0.497 e. The van der Waals surface area contributed by atoms with E-state index in [2.05, 4.69) is 25.8 Å². The number of benzene rings is 1. The molecule has 0 amide bonds. The van der Waals surface area contributed by atoms with Gasteiger partial charge in [-0.05, 0) is 24.3 Å². The Morgan fingerprint density at radius 2 is 2.08 bits per heavy atom. The molecule has 0 saturated heterocycles. The summed E-state index contributed by atoms with van der Waals surface area (Å²) in [5, 5.41) is 14.1. The van der Waals surface area contributed by atoms with Crippen molar-refractivity contribution in [2.45, 2.75) is 6.54 Å². The molecule has 0 unspecified atom stereocenters. The lowest BCUT2D eigenvalue weighted by Crippen LogP contribution is -2.06. The number of hydrogen-bond donors (Lipinski definition) is 2. The molecule has 0 spiro atoms. The molecule has 1 aromatic carbocycles. The molecular weight excluding hydrogens is 310 g/mol. The van der Waals surface area contributed by atoms with E-state index in [-0.39, 0.29) is 0 Å². The molecule has 8 heteroatoms. The second kappa shape index (κ2) is 7.32. The summed E-state index contributed by atoms with van der Waals surface area (Å²) in [6.07, 6.45) is 3.14. The summed E-state index contributed by atoms with van der Waals surface area (Å²) >= 11 is 0. The Kier molecular flexibility index (Phi) is 4.76. The van der Waals surface area contributed by atoms with Crippen molar-refractivity contribution < 1.29 is 13.9 Å². The fourth-order valence-corrected chi connectivity index (χ4v) is 2.07. The first-order valence-corrected chi connectivity index (χ1v) is 7.23. The normalized spacial score (nSPS) is 10.2. The van der Waals surface area contributed by atoms with Gasteiger partial charge < -0.3 is 24.5 Å². The van der Waals surface area contributed by atoms with Gasteiger partial charge >= 0.3 is 0 Å². The summed E-state index contributed by atoms with van der Waals surface area (Å²) in [6.45, 7) is 0.473. The third kappa shape index (κ3) is 3.72. The van der Waals surface area contributed by atoms with Crippen LogP contribution in [0.1, 0.15) is 5.76 Å². The molecule has 0 saturated carbocycles. The molecule has 0 aliphatic carbocycles. The molecule has 0 radical (unpaired) electrons. The summed E-state index contributed by atoms with van der Waals surface area (Å²) < 4.78 is 15.8. The van der Waals surface area contributed by atoms with Crippen LogP contribution in [0.5, 0.6) is 11.5 Å². The van der Waals surface area contributed by atoms with Crippen molar-refractivity contribution in [3.8, 4) is 11.5 Å². The summed E-state index contributed by atoms with van der Waals surface area (Å²) in [6, 6.07) is 9.13. The topological polar surface area (TPSA) is 94.3 Å². The highest BCUT2D eigenvalue weighted by Gasteiger charge is 2.08. The van der Waals surface area contributed by atoms with E-state index in [9.17, 15) is 0 Å². The first-order chi connectivity index (χ1) is 11.8. The van der Waals surface area contributed by atoms with Gasteiger partial charge in [-0.3, -0.25) is 0 Å². The zero-order chi connectivity index (χ0) is 16.8. The van der Waals surface area contributed by atoms with Gasteiger partial charge in [-0.2, -0.15) is 10.1 Å². The number of methoxy groups -OCH3 is 2. The number of ether oxygens (including phenoxy) is 2. The zero-order valence-electron chi connectivity index (χ0n) is 13.3. The molecule has 0 fully saturated rings. The average molecular weight is 327 g/mol. The van der Waals surface area contributed by atoms with Crippen LogP contribution in [0.2, 0.25) is 0 Å². The van der Waals surface area contributed by atoms with Crippen molar-refractivity contribution in [2.24, 2.45) is 0 Å². The van der Waals surface area contributed by atoms with Crippen LogP contribution in [0.3, 0.4) is 0 Å². The third-order valence-electron chi connectivity index (χ3n) is 3.23. The molecule has 2 N–H and O–H groups in total. The lowest BCUT2D eigenvalue weighted by Gasteiger charge is -2.12. The molecule has 0 aliphatic heterocycles. The van der Waals surface area contributed by atoms with Gasteiger partial charge in [-0.25, -0.2) is 0 Å². The molecule has 0 atom stereocenters. The summed E-state index contributed by atoms with van der Waals surface area (Å²) in [4.78, 5) is 4.36. The third-order valence-corrected chi connectivity index (χ3v) is 3.23. The lowest BCUT2D eigenvalue weighted by molar-refractivity contribution is 0.405. The van der Waals surface area contributed by atoms with Gasteiger partial charge in [0.1, 0.15) is 17.3 Å². The highest BCUT2D eigenvalue weighted by atomic mass is 16.5. The van der Waals surface area contributed by atoms with Gasteiger partial charge in [-0.15, -0.1) is 5.10 Å². The predicted molar refractivity (Wildman–Crippen MR) is 88.7 cm³/mol. The van der Waals surface area contributed by atoms with E-state index in [1.165, 1.54) is 6.20 Å². The van der Waals surface area contributed by atoms with Crippen LogP contribution in [-0.2, 0) is 6.54 Å². The molecule has 3 aromatic rings. The summed E-state index contributed by atoms with van der Waals surface area (Å²) in [5.74, 6) is 3.07. The summed E-state index contributed by atoms with van der Waals surface area (Å²) in [5.41, 5.74) is 0.717. The van der Waals surface area contributed by atoms with Crippen LogP contribution in [0.25, 0.3) is 0 Å². The molecular formula is C16H17N5O3. The zero-order valence-corrected chi connectivity index (χ0v) is 13.3. The Labute approximate surface area is 138 Å². The van der Waals surface area contributed by atoms with E-state index < -0.39 is 0 Å². The molecule has 0 bridgehead atoms. The van der Waals surface area contributed by atoms with Crippen LogP contribution in [0.15, 0.2) is 47.2 Å². The number of hydrogen-bond acceptors (Lipinski definition) is 8. The maximum absolute atomic E-state index is 5.33. The van der Waals surface area contributed by atoms with Crippen LogP contribution < -0.4 is 20.1 Å². The second-order valence-corrected chi connectivity index (χ2v) is 4.79. The van der Waals surface area contributed by atoms with E-state index in [0.717, 1.165) is 5.76 Å². The van der Waals surface area contributed by atoms with E-state index in [0.29, 0.717) is 35.5 Å². The predicted octanol–water partition coefficient (Wildman–Crippen LogP) is 2.84. The van der Waals surface area contributed by atoms with Gasteiger partial charge in [0.15, 0.2) is 5.82 Å². The lowest BCUT2D eigenvalue weighted by atomic mass is 10.2. The quantitative estimate of drug-likeness (QED) is 0.684. The fourth-order valence-electron chi connectivity index (χ4n) is 2.07. The number of anilines is 3. The van der Waals surface area contributed by atoms with Crippen LogP contribution in [0.4, 0.5) is 17.5 Å². The SMILES string of the molecule is COc1ccc(OC)c(Nc2cnnc(NCc3ccco3)n2)c1. The number of nitrogens with zero attached hydrogens (tertiary/aromatic N) is 3. The minimum Gasteiger partial charge on any atom is -0.497 e. The van der Waals surface area contributed by atoms with E-state index in [1.807, 2.05) is 30.3 Å². The highest BCUT2D eigenvalue weighted by molar-refractivity contribution is 5.66. The first kappa shape index (κ1) is 15.6. The van der Waals surface area contributed by atoms with Crippen molar-refractivity contribution in [1.82, 2.24) is 15.2 Å². The Bertz CT molecular complexity index is 792. The number of nitrogens with one attached hydrogen (secondary N) is 2. The second-order valence-electron chi connectivity index (χ2n) is 4.79. The molecule has 8 nitrogen and oxygen atoms in total. The van der Waals surface area contributed by atoms with Crippen molar-refractivity contribution in [3.63, 3.8) is 0 Å². The Morgan fingerprint density at radius 1 is 1.17 bits per heavy atom. The van der Waals surface area contributed by atoms with Gasteiger partial charge in [0.2, 0.25) is 5.95 Å². The highest BCUT2D eigenvalue weighted by Crippen LogP contribution is 2.30. The summed E-state index contributed by atoms with van der Waals surface area (Å²) in [7, 11) is 3.20. The smallest absolute Gasteiger partial charge is 0.245 e. The Morgan fingerprint density at radius 3 is 2.83 bits per heavy atom. The van der Waals surface area contributed by atoms with E-state index in [4.69, 9.17) is 13.9 Å². The average Bonchev–Trinajstić information content (AvgIpc) is 3.14. The van der Waals surface area contributed by atoms with Crippen LogP contribution >= 0.6 is 0 Å². The minimum absolute atomic E-state index is 0.387. The Hall–Kier alpha value is -3.29. The number of rotatable bonds is 7. The van der Waals surface area contributed by atoms with E-state index >= 15 is 0 Å². The van der Waals surface area contributed by atoms with Crippen molar-refractivity contribution >= 4 is 17.5 Å². The first-order valence-electron chi connectivity index (χ1n) is 7.23. The molecule has 0 aliphatic rings. The van der Waals surface area contributed by atoms with Crippen molar-refractivity contribution in [3.05, 3.63) is 48.6 Å². The van der Waals surface area contributed by atoms with Gasteiger partial charge in [0, 0.05) is 6.07 Å². The molecule has 124 valence electrons. The maximum Gasteiger partial charge on any atom is 0.245 e. The van der Waals surface area contributed by atoms with Gasteiger partial charge in [0.05, 0.1) is 38.9 Å². The van der Waals surface area contributed by atoms with E-state index in [1.54, 1.807) is 20.5 Å². The Balaban J connectivity index is 1.74. The van der Waals surface area contributed by atoms with Gasteiger partial charge in [-0.1, -0.05) is 0 Å². The number of aromatic nitrogens is 3. The fraction of sp³-hybridized carbons (Fsp3) is 0.188. The van der Waals surface area contributed by atoms with Crippen LogP contribution in [0, 0.1) is 0 Å². The van der Waals surface area contributed by atoms with Crippen molar-refractivity contribution in [2.75, 3.05) is 24.9 Å². The molecule has 2 heterocycles. The van der Waals surface area contributed by atoms with Gasteiger partial charge in [0.25, 0.3) is 0 Å². The molecule has 24 heavy (non-hydrogen) atoms. The van der Waals surface area contributed by atoms with Crippen molar-refractivity contribution in [1.29, 1.82) is 0 Å². The molecule has 3 rings (SSSR count). The van der Waals surface area contributed by atoms with Crippen LogP contribution in [-0.4, -0.2) is 29.4 Å². The number of furan rings is 1.